The first-order valence-corrected chi connectivity index (χ1v) is 7.23. The van der Waals surface area contributed by atoms with E-state index in [0.29, 0.717) is 6.42 Å². The quantitative estimate of drug-likeness (QED) is 0.753. The monoisotopic (exact) mass is 281 g/mol. The van der Waals surface area contributed by atoms with Crippen molar-refractivity contribution in [1.82, 2.24) is 5.32 Å². The number of aryl methyl sites for hydroxylation is 1. The Labute approximate surface area is 117 Å². The Kier molecular flexibility index (Phi) is 6.42. The Balaban J connectivity index is 2.47. The van der Waals surface area contributed by atoms with Crippen LogP contribution in [0.4, 0.5) is 0 Å². The van der Waals surface area contributed by atoms with Gasteiger partial charge < -0.3 is 10.4 Å². The number of rotatable bonds is 7. The van der Waals surface area contributed by atoms with E-state index in [-0.39, 0.29) is 11.7 Å². The van der Waals surface area contributed by atoms with Gasteiger partial charge in [-0.1, -0.05) is 31.5 Å². The maximum Gasteiger partial charge on any atom is 0.326 e. The van der Waals surface area contributed by atoms with Crippen LogP contribution in [0.25, 0.3) is 0 Å². The molecule has 1 rings (SSSR count). The van der Waals surface area contributed by atoms with Crippen molar-refractivity contribution >= 4 is 23.6 Å². The van der Waals surface area contributed by atoms with E-state index < -0.39 is 12.0 Å². The molecule has 0 unspecified atom stereocenters. The highest BCUT2D eigenvalue weighted by molar-refractivity contribution is 8.00. The van der Waals surface area contributed by atoms with Gasteiger partial charge in [-0.05, 0) is 25.0 Å². The Hall–Kier alpha value is -1.49. The van der Waals surface area contributed by atoms with Gasteiger partial charge in [0.1, 0.15) is 6.04 Å². The van der Waals surface area contributed by atoms with Crippen molar-refractivity contribution in [2.45, 2.75) is 37.6 Å². The van der Waals surface area contributed by atoms with E-state index in [4.69, 9.17) is 5.11 Å². The fraction of sp³-hybridized carbons (Fsp3) is 0.429. The minimum Gasteiger partial charge on any atom is -0.480 e. The molecule has 4 nitrogen and oxygen atoms in total. The minimum absolute atomic E-state index is 0.234. The summed E-state index contributed by atoms with van der Waals surface area (Å²) in [6.07, 6.45) is 1.18. The van der Waals surface area contributed by atoms with Crippen LogP contribution in [0, 0.1) is 6.92 Å². The zero-order valence-corrected chi connectivity index (χ0v) is 12.0. The van der Waals surface area contributed by atoms with Crippen LogP contribution in [0.5, 0.6) is 0 Å². The number of aliphatic carboxylic acids is 1. The molecule has 19 heavy (non-hydrogen) atoms. The first kappa shape index (κ1) is 15.6. The lowest BCUT2D eigenvalue weighted by Crippen LogP contribution is -2.41. The van der Waals surface area contributed by atoms with Crippen molar-refractivity contribution in [3.05, 3.63) is 29.8 Å². The van der Waals surface area contributed by atoms with Crippen LogP contribution >= 0.6 is 11.8 Å². The lowest BCUT2D eigenvalue weighted by Gasteiger charge is -2.13. The number of thioether (sulfide) groups is 1. The van der Waals surface area contributed by atoms with E-state index in [1.54, 1.807) is 0 Å². The molecule has 0 heterocycles. The molecule has 0 aliphatic heterocycles. The normalized spacial score (nSPS) is 11.9. The van der Waals surface area contributed by atoms with Gasteiger partial charge >= 0.3 is 5.97 Å². The van der Waals surface area contributed by atoms with E-state index in [9.17, 15) is 9.59 Å². The third-order valence-corrected chi connectivity index (χ3v) is 3.84. The van der Waals surface area contributed by atoms with Gasteiger partial charge in [0.15, 0.2) is 0 Å². The van der Waals surface area contributed by atoms with E-state index in [1.807, 2.05) is 38.1 Å². The molecule has 1 amide bonds. The van der Waals surface area contributed by atoms with E-state index in [2.05, 4.69) is 5.32 Å². The lowest BCUT2D eigenvalue weighted by atomic mass is 10.2. The van der Waals surface area contributed by atoms with Crippen LogP contribution in [0.1, 0.15) is 25.3 Å². The number of carboxylic acids is 1. The van der Waals surface area contributed by atoms with Crippen LogP contribution < -0.4 is 5.32 Å². The molecule has 0 saturated heterocycles. The summed E-state index contributed by atoms with van der Waals surface area (Å²) >= 11 is 1.42. The molecule has 104 valence electrons. The molecular weight excluding hydrogens is 262 g/mol. The van der Waals surface area contributed by atoms with Gasteiger partial charge in [0.05, 0.1) is 5.75 Å². The molecule has 0 saturated carbocycles. The molecule has 0 radical (unpaired) electrons. The zero-order valence-electron chi connectivity index (χ0n) is 11.2. The van der Waals surface area contributed by atoms with Crippen LogP contribution in [0.3, 0.4) is 0 Å². The molecule has 0 aromatic heterocycles. The maximum absolute atomic E-state index is 11.7. The summed E-state index contributed by atoms with van der Waals surface area (Å²) in [5, 5.41) is 11.5. The third-order valence-electron chi connectivity index (χ3n) is 2.66. The first-order chi connectivity index (χ1) is 9.04. The zero-order chi connectivity index (χ0) is 14.3. The summed E-state index contributed by atoms with van der Waals surface area (Å²) in [5.74, 6) is -0.983. The number of carboxylic acid groups (broad SMARTS) is 1. The van der Waals surface area contributed by atoms with Gasteiger partial charge in [-0.3, -0.25) is 4.79 Å². The predicted octanol–water partition coefficient (Wildman–Crippen LogP) is 2.46. The summed E-state index contributed by atoms with van der Waals surface area (Å²) in [6, 6.07) is 7.02. The molecule has 1 atom stereocenters. The SMILES string of the molecule is CCC[C@H](NC(=O)CSc1ccccc1C)C(=O)O. The molecule has 1 aromatic carbocycles. The lowest BCUT2D eigenvalue weighted by molar-refractivity contribution is -0.141. The fourth-order valence-electron chi connectivity index (χ4n) is 1.64. The summed E-state index contributed by atoms with van der Waals surface area (Å²) < 4.78 is 0. The van der Waals surface area contributed by atoms with Crippen molar-refractivity contribution in [2.24, 2.45) is 0 Å². The number of nitrogens with one attached hydrogen (secondary N) is 1. The second-order valence-corrected chi connectivity index (χ2v) is 5.32. The summed E-state index contributed by atoms with van der Waals surface area (Å²) in [7, 11) is 0. The predicted molar refractivity (Wildman–Crippen MR) is 76.4 cm³/mol. The number of hydrogen-bond donors (Lipinski definition) is 2. The van der Waals surface area contributed by atoms with Gasteiger partial charge in [0.25, 0.3) is 0 Å². The molecule has 0 spiro atoms. The van der Waals surface area contributed by atoms with Gasteiger partial charge in [-0.25, -0.2) is 4.79 Å². The van der Waals surface area contributed by atoms with Crippen LogP contribution in [-0.4, -0.2) is 28.8 Å². The van der Waals surface area contributed by atoms with Gasteiger partial charge in [0, 0.05) is 4.90 Å². The smallest absolute Gasteiger partial charge is 0.326 e. The van der Waals surface area contributed by atoms with Crippen molar-refractivity contribution in [3.63, 3.8) is 0 Å². The topological polar surface area (TPSA) is 66.4 Å². The van der Waals surface area contributed by atoms with Crippen molar-refractivity contribution in [1.29, 1.82) is 0 Å². The average Bonchev–Trinajstić information content (AvgIpc) is 2.37. The highest BCUT2D eigenvalue weighted by Crippen LogP contribution is 2.21. The molecule has 5 heteroatoms. The maximum atomic E-state index is 11.7. The second-order valence-electron chi connectivity index (χ2n) is 4.30. The van der Waals surface area contributed by atoms with Crippen LogP contribution in [0.2, 0.25) is 0 Å². The van der Waals surface area contributed by atoms with Crippen molar-refractivity contribution in [3.8, 4) is 0 Å². The van der Waals surface area contributed by atoms with Gasteiger partial charge in [-0.2, -0.15) is 0 Å². The number of amides is 1. The van der Waals surface area contributed by atoms with Crippen LogP contribution in [0.15, 0.2) is 29.2 Å². The van der Waals surface area contributed by atoms with E-state index >= 15 is 0 Å². The molecule has 0 bridgehead atoms. The van der Waals surface area contributed by atoms with Gasteiger partial charge in [0.2, 0.25) is 5.91 Å². The molecule has 1 aromatic rings. The third kappa shape index (κ3) is 5.34. The largest absolute Gasteiger partial charge is 0.480 e. The molecule has 2 N–H and O–H groups in total. The molecule has 0 aliphatic rings. The molecule has 0 fully saturated rings. The molecular formula is C14H19NO3S. The highest BCUT2D eigenvalue weighted by Gasteiger charge is 2.18. The van der Waals surface area contributed by atoms with Crippen LogP contribution in [-0.2, 0) is 9.59 Å². The van der Waals surface area contributed by atoms with E-state index in [0.717, 1.165) is 16.9 Å². The van der Waals surface area contributed by atoms with Crippen molar-refractivity contribution in [2.75, 3.05) is 5.75 Å². The fourth-order valence-corrected chi connectivity index (χ4v) is 2.48. The Morgan fingerprint density at radius 3 is 2.63 bits per heavy atom. The second kappa shape index (κ2) is 7.84. The summed E-state index contributed by atoms with van der Waals surface area (Å²) in [6.45, 7) is 3.88. The number of carbonyl (C=O) groups is 2. The molecule has 0 aliphatic carbocycles. The van der Waals surface area contributed by atoms with Crippen molar-refractivity contribution < 1.29 is 14.7 Å². The Bertz CT molecular complexity index is 448. The number of carbonyl (C=O) groups excluding carboxylic acids is 1. The standard InChI is InChI=1S/C14H19NO3S/c1-3-6-11(14(17)18)15-13(16)9-19-12-8-5-4-7-10(12)2/h4-5,7-8,11H,3,6,9H2,1-2H3,(H,15,16)(H,17,18)/t11-/m0/s1. The Morgan fingerprint density at radius 1 is 1.37 bits per heavy atom. The minimum atomic E-state index is -0.976. The van der Waals surface area contributed by atoms with Gasteiger partial charge in [-0.15, -0.1) is 11.8 Å². The summed E-state index contributed by atoms with van der Waals surface area (Å²) in [4.78, 5) is 23.7. The average molecular weight is 281 g/mol. The van der Waals surface area contributed by atoms with E-state index in [1.165, 1.54) is 11.8 Å². The highest BCUT2D eigenvalue weighted by atomic mass is 32.2. The first-order valence-electron chi connectivity index (χ1n) is 6.25. The number of hydrogen-bond acceptors (Lipinski definition) is 3. The number of benzene rings is 1. The Morgan fingerprint density at radius 2 is 2.05 bits per heavy atom. The summed E-state index contributed by atoms with van der Waals surface area (Å²) in [5.41, 5.74) is 1.11.